The number of benzene rings is 2. The molecule has 0 saturated heterocycles. The van der Waals surface area contributed by atoms with Crippen molar-refractivity contribution in [3.63, 3.8) is 0 Å². The largest absolute Gasteiger partial charge is 0.560 e. The summed E-state index contributed by atoms with van der Waals surface area (Å²) in [6.07, 6.45) is 0.449. The lowest BCUT2D eigenvalue weighted by atomic mass is 10.2. The second-order valence-electron chi connectivity index (χ2n) is 3.38. The molecule has 0 bridgehead atoms. The van der Waals surface area contributed by atoms with Gasteiger partial charge < -0.3 is 0 Å². The third kappa shape index (κ3) is 3.18. The summed E-state index contributed by atoms with van der Waals surface area (Å²) >= 11 is 0. The smallest absolute Gasteiger partial charge is 0.254 e. The average molecular weight is 231 g/mol. The summed E-state index contributed by atoms with van der Waals surface area (Å²) in [5, 5.41) is 0. The molecule has 0 aliphatic heterocycles. The fourth-order valence-corrected chi connectivity index (χ4v) is 2.29. The molecule has 2 aromatic rings. The molecule has 80 valence electrons. The Kier molecular flexibility index (Phi) is 3.68. The van der Waals surface area contributed by atoms with Gasteiger partial charge >= 0.3 is 8.03 Å². The van der Waals surface area contributed by atoms with E-state index in [0.29, 0.717) is 11.9 Å². The first kappa shape index (κ1) is 10.8. The van der Waals surface area contributed by atoms with Crippen LogP contribution in [0.4, 0.5) is 0 Å². The SMILES string of the molecule is O=[P+](Cc1ccccc1)Oc1ccccc1. The van der Waals surface area contributed by atoms with Gasteiger partial charge in [0.1, 0.15) is 0 Å². The lowest BCUT2D eigenvalue weighted by Crippen LogP contribution is -1.85. The highest BCUT2D eigenvalue weighted by Gasteiger charge is 2.19. The third-order valence-corrected chi connectivity index (χ3v) is 3.14. The first-order chi connectivity index (χ1) is 7.84. The normalized spacial score (nSPS) is 10.9. The van der Waals surface area contributed by atoms with Gasteiger partial charge in [0.2, 0.25) is 6.16 Å². The molecule has 0 aromatic heterocycles. The predicted octanol–water partition coefficient (Wildman–Crippen LogP) is 4.01. The summed E-state index contributed by atoms with van der Waals surface area (Å²) in [6, 6.07) is 18.9. The highest BCUT2D eigenvalue weighted by atomic mass is 31.1. The van der Waals surface area contributed by atoms with E-state index >= 15 is 0 Å². The molecule has 2 nitrogen and oxygen atoms in total. The second kappa shape index (κ2) is 5.43. The molecule has 16 heavy (non-hydrogen) atoms. The first-order valence-corrected chi connectivity index (χ1v) is 6.42. The van der Waals surface area contributed by atoms with Gasteiger partial charge in [-0.25, -0.2) is 0 Å². The zero-order valence-corrected chi connectivity index (χ0v) is 9.64. The lowest BCUT2D eigenvalue weighted by Gasteiger charge is -1.93. The molecule has 0 N–H and O–H groups in total. The quantitative estimate of drug-likeness (QED) is 0.743. The van der Waals surface area contributed by atoms with Gasteiger partial charge in [-0.05, 0) is 16.7 Å². The van der Waals surface area contributed by atoms with E-state index in [1.807, 2.05) is 48.5 Å². The minimum absolute atomic E-state index is 0.449. The predicted molar refractivity (Wildman–Crippen MR) is 64.8 cm³/mol. The van der Waals surface area contributed by atoms with Gasteiger partial charge in [0.15, 0.2) is 5.75 Å². The Morgan fingerprint density at radius 3 is 2.06 bits per heavy atom. The standard InChI is InChI=1S/C13H12O2P/c14-16(11-12-7-3-1-4-8-12)15-13-9-5-2-6-10-13/h1-10H,11H2/q+1. The van der Waals surface area contributed by atoms with E-state index in [4.69, 9.17) is 4.52 Å². The summed E-state index contributed by atoms with van der Waals surface area (Å²) in [5.74, 6) is 0.652. The molecule has 0 amide bonds. The van der Waals surface area contributed by atoms with Crippen molar-refractivity contribution in [1.82, 2.24) is 0 Å². The second-order valence-corrected chi connectivity index (χ2v) is 4.55. The summed E-state index contributed by atoms with van der Waals surface area (Å²) < 4.78 is 17.0. The summed E-state index contributed by atoms with van der Waals surface area (Å²) in [6.45, 7) is 0. The van der Waals surface area contributed by atoms with Crippen LogP contribution in [-0.4, -0.2) is 0 Å². The van der Waals surface area contributed by atoms with E-state index in [1.165, 1.54) is 0 Å². The van der Waals surface area contributed by atoms with Crippen molar-refractivity contribution < 1.29 is 9.09 Å². The fraction of sp³-hybridized carbons (Fsp3) is 0.0769. The van der Waals surface area contributed by atoms with Crippen molar-refractivity contribution >= 4 is 8.03 Å². The Hall–Kier alpha value is -1.66. The van der Waals surface area contributed by atoms with E-state index in [1.54, 1.807) is 12.1 Å². The number of rotatable bonds is 4. The van der Waals surface area contributed by atoms with Crippen LogP contribution in [0, 0.1) is 0 Å². The highest BCUT2D eigenvalue weighted by molar-refractivity contribution is 7.38. The highest BCUT2D eigenvalue weighted by Crippen LogP contribution is 2.30. The maximum atomic E-state index is 11.7. The molecule has 0 saturated carbocycles. The van der Waals surface area contributed by atoms with Gasteiger partial charge in [-0.15, -0.1) is 0 Å². The Labute approximate surface area is 95.8 Å². The van der Waals surface area contributed by atoms with Crippen molar-refractivity contribution in [2.24, 2.45) is 0 Å². The van der Waals surface area contributed by atoms with Crippen LogP contribution in [0.1, 0.15) is 5.56 Å². The minimum Gasteiger partial charge on any atom is -0.254 e. The van der Waals surface area contributed by atoms with Gasteiger partial charge in [0.25, 0.3) is 0 Å². The average Bonchev–Trinajstić information content (AvgIpc) is 2.31. The van der Waals surface area contributed by atoms with E-state index in [2.05, 4.69) is 0 Å². The summed E-state index contributed by atoms with van der Waals surface area (Å²) in [4.78, 5) is 0. The topological polar surface area (TPSA) is 26.3 Å². The van der Waals surface area contributed by atoms with Crippen LogP contribution in [0.5, 0.6) is 5.75 Å². The van der Waals surface area contributed by atoms with Crippen molar-refractivity contribution in [3.05, 3.63) is 66.2 Å². The van der Waals surface area contributed by atoms with Crippen molar-refractivity contribution in [1.29, 1.82) is 0 Å². The van der Waals surface area contributed by atoms with E-state index in [-0.39, 0.29) is 0 Å². The summed E-state index contributed by atoms with van der Waals surface area (Å²) in [5.41, 5.74) is 1.03. The van der Waals surface area contributed by atoms with E-state index < -0.39 is 8.03 Å². The first-order valence-electron chi connectivity index (χ1n) is 5.06. The van der Waals surface area contributed by atoms with Crippen LogP contribution < -0.4 is 4.52 Å². The van der Waals surface area contributed by atoms with Crippen molar-refractivity contribution in [3.8, 4) is 5.75 Å². The molecule has 0 aliphatic rings. The fourth-order valence-electron chi connectivity index (χ4n) is 1.36. The maximum absolute atomic E-state index is 11.7. The van der Waals surface area contributed by atoms with Crippen molar-refractivity contribution in [2.75, 3.05) is 0 Å². The maximum Gasteiger partial charge on any atom is 0.560 e. The number of hydrogen-bond donors (Lipinski definition) is 0. The minimum atomic E-state index is -1.68. The van der Waals surface area contributed by atoms with Crippen LogP contribution >= 0.6 is 8.03 Å². The molecule has 0 heterocycles. The molecular weight excluding hydrogens is 219 g/mol. The number of para-hydroxylation sites is 1. The Bertz CT molecular complexity index is 410. The van der Waals surface area contributed by atoms with Crippen LogP contribution in [0.3, 0.4) is 0 Å². The Morgan fingerprint density at radius 2 is 1.44 bits per heavy atom. The third-order valence-electron chi connectivity index (χ3n) is 2.10. The molecule has 1 atom stereocenters. The van der Waals surface area contributed by atoms with Gasteiger partial charge in [0, 0.05) is 5.56 Å². The van der Waals surface area contributed by atoms with Gasteiger partial charge in [-0.1, -0.05) is 48.5 Å². The molecule has 2 aromatic carbocycles. The molecule has 0 radical (unpaired) electrons. The van der Waals surface area contributed by atoms with E-state index in [0.717, 1.165) is 5.56 Å². The Morgan fingerprint density at radius 1 is 0.875 bits per heavy atom. The molecular formula is C13H12O2P+. The zero-order chi connectivity index (χ0) is 11.2. The molecule has 1 unspecified atom stereocenters. The van der Waals surface area contributed by atoms with Gasteiger partial charge in [-0.3, -0.25) is 4.52 Å². The zero-order valence-electron chi connectivity index (χ0n) is 8.74. The molecule has 3 heteroatoms. The van der Waals surface area contributed by atoms with Gasteiger partial charge in [0.05, 0.1) is 0 Å². The molecule has 2 rings (SSSR count). The summed E-state index contributed by atoms with van der Waals surface area (Å²) in [7, 11) is -1.68. The molecule has 0 fully saturated rings. The Balaban J connectivity index is 1.95. The van der Waals surface area contributed by atoms with Crippen LogP contribution in [0.15, 0.2) is 60.7 Å². The van der Waals surface area contributed by atoms with Crippen LogP contribution in [0.25, 0.3) is 0 Å². The van der Waals surface area contributed by atoms with Crippen LogP contribution in [0.2, 0.25) is 0 Å². The number of hydrogen-bond acceptors (Lipinski definition) is 2. The molecule has 0 aliphatic carbocycles. The van der Waals surface area contributed by atoms with E-state index in [9.17, 15) is 4.57 Å². The monoisotopic (exact) mass is 231 g/mol. The van der Waals surface area contributed by atoms with Crippen LogP contribution in [-0.2, 0) is 10.7 Å². The van der Waals surface area contributed by atoms with Gasteiger partial charge in [-0.2, -0.15) is 0 Å². The molecule has 0 spiro atoms. The van der Waals surface area contributed by atoms with Crippen molar-refractivity contribution in [2.45, 2.75) is 6.16 Å². The lowest BCUT2D eigenvalue weighted by molar-refractivity contribution is 0.504.